The van der Waals surface area contributed by atoms with Gasteiger partial charge in [0.1, 0.15) is 33.9 Å². The van der Waals surface area contributed by atoms with Gasteiger partial charge in [0.05, 0.1) is 36.1 Å². The lowest BCUT2D eigenvalue weighted by Gasteiger charge is -2.13. The van der Waals surface area contributed by atoms with E-state index in [1.807, 2.05) is 26.0 Å². The zero-order valence-electron chi connectivity index (χ0n) is 35.2. The van der Waals surface area contributed by atoms with Crippen LogP contribution in [-0.4, -0.2) is 95.0 Å². The van der Waals surface area contributed by atoms with Crippen LogP contribution in [0.15, 0.2) is 48.6 Å². The van der Waals surface area contributed by atoms with E-state index in [1.165, 1.54) is 31.4 Å². The molecule has 6 aromatic rings. The molecule has 0 saturated heterocycles. The van der Waals surface area contributed by atoms with E-state index in [1.54, 1.807) is 44.5 Å². The number of carbonyl (C=O) groups excluding carboxylic acids is 5. The molecule has 21 heteroatoms. The van der Waals surface area contributed by atoms with Crippen molar-refractivity contribution >= 4 is 63.5 Å². The maximum absolute atomic E-state index is 13.8. The fourth-order valence-electron chi connectivity index (χ4n) is 6.89. The maximum atomic E-state index is 13.8. The normalized spacial score (nSPS) is 11.4. The number of aryl methyl sites for hydroxylation is 4. The van der Waals surface area contributed by atoms with E-state index in [2.05, 4.69) is 31.1 Å². The SMILES string of the molecule is CCn1nc(C)cc1C(=O)Nc1nc2cc(C(N)=O)cc(OC)c2n1C/C=C/Cn1c(NC(=O)c2cc(C)nn2CC)nc2cc(C(N)=O)cc(OCCCNC(=O)CCN)c21. The van der Waals surface area contributed by atoms with Gasteiger partial charge in [-0.25, -0.2) is 9.97 Å². The van der Waals surface area contributed by atoms with Gasteiger partial charge >= 0.3 is 0 Å². The molecule has 0 spiro atoms. The Kier molecular flexibility index (Phi) is 13.6. The molecule has 0 aliphatic heterocycles. The van der Waals surface area contributed by atoms with Crippen LogP contribution in [0.25, 0.3) is 22.1 Å². The highest BCUT2D eigenvalue weighted by atomic mass is 16.5. The monoisotopic (exact) mass is 850 g/mol. The van der Waals surface area contributed by atoms with Crippen LogP contribution in [0.1, 0.15) is 79.8 Å². The van der Waals surface area contributed by atoms with E-state index in [0.29, 0.717) is 76.6 Å². The molecule has 21 nitrogen and oxygen atoms in total. The number of nitrogens with zero attached hydrogens (tertiary/aromatic N) is 8. The van der Waals surface area contributed by atoms with E-state index >= 15 is 0 Å². The number of nitrogens with two attached hydrogens (primary N) is 3. The quantitative estimate of drug-likeness (QED) is 0.0478. The molecule has 0 unspecified atom stereocenters. The number of carbonyl (C=O) groups is 5. The molecule has 0 bridgehead atoms. The minimum atomic E-state index is -0.712. The third-order valence-electron chi connectivity index (χ3n) is 9.74. The molecule has 0 atom stereocenters. The zero-order chi connectivity index (χ0) is 44.7. The van der Waals surface area contributed by atoms with Gasteiger partial charge < -0.3 is 41.1 Å². The number of hydrogen-bond acceptors (Lipinski definition) is 12. The van der Waals surface area contributed by atoms with Crippen LogP contribution in [0.3, 0.4) is 0 Å². The van der Waals surface area contributed by atoms with E-state index in [9.17, 15) is 24.0 Å². The average molecular weight is 851 g/mol. The van der Waals surface area contributed by atoms with Gasteiger partial charge in [-0.05, 0) is 70.5 Å². The Labute approximate surface area is 355 Å². The Morgan fingerprint density at radius 3 is 1.66 bits per heavy atom. The fraction of sp³-hybridized carbons (Fsp3) is 0.341. The highest BCUT2D eigenvalue weighted by molar-refractivity contribution is 6.05. The molecular weight excluding hydrogens is 801 g/mol. The summed E-state index contributed by atoms with van der Waals surface area (Å²) in [7, 11) is 1.45. The molecule has 9 N–H and O–H groups in total. The van der Waals surface area contributed by atoms with Crippen molar-refractivity contribution in [2.24, 2.45) is 17.2 Å². The lowest BCUT2D eigenvalue weighted by molar-refractivity contribution is -0.120. The number of hydrogen-bond donors (Lipinski definition) is 6. The third kappa shape index (κ3) is 9.57. The van der Waals surface area contributed by atoms with Crippen molar-refractivity contribution in [1.29, 1.82) is 0 Å². The Hall–Kier alpha value is -7.55. The summed E-state index contributed by atoms with van der Waals surface area (Å²) in [5.41, 5.74) is 20.7. The van der Waals surface area contributed by atoms with Crippen LogP contribution >= 0.6 is 0 Å². The summed E-state index contributed by atoms with van der Waals surface area (Å²) >= 11 is 0. The highest BCUT2D eigenvalue weighted by Gasteiger charge is 2.24. The third-order valence-corrected chi connectivity index (χ3v) is 9.74. The number of imidazole rings is 2. The number of aromatic nitrogens is 8. The second-order valence-corrected chi connectivity index (χ2v) is 14.2. The van der Waals surface area contributed by atoms with Crippen molar-refractivity contribution in [1.82, 2.24) is 44.0 Å². The van der Waals surface area contributed by atoms with Crippen LogP contribution in [-0.2, 0) is 31.0 Å². The van der Waals surface area contributed by atoms with Crippen molar-refractivity contribution in [3.8, 4) is 11.5 Å². The summed E-state index contributed by atoms with van der Waals surface area (Å²) in [6.45, 7) is 9.19. The number of amides is 5. The van der Waals surface area contributed by atoms with Gasteiger partial charge in [-0.15, -0.1) is 0 Å². The van der Waals surface area contributed by atoms with Crippen molar-refractivity contribution < 1.29 is 33.4 Å². The minimum Gasteiger partial charge on any atom is -0.494 e. The van der Waals surface area contributed by atoms with Gasteiger partial charge in [0.25, 0.3) is 11.8 Å². The first-order valence-electron chi connectivity index (χ1n) is 19.9. The summed E-state index contributed by atoms with van der Waals surface area (Å²) in [5.74, 6) is -1.63. The second kappa shape index (κ2) is 19.2. The number of fused-ring (bicyclic) bond motifs is 2. The molecule has 0 aliphatic carbocycles. The van der Waals surface area contributed by atoms with E-state index in [0.717, 1.165) is 0 Å². The second-order valence-electron chi connectivity index (χ2n) is 14.2. The summed E-state index contributed by atoms with van der Waals surface area (Å²) in [6, 6.07) is 9.38. The molecule has 2 aromatic carbocycles. The van der Waals surface area contributed by atoms with Crippen LogP contribution < -0.4 is 42.6 Å². The van der Waals surface area contributed by atoms with Gasteiger partial charge in [0, 0.05) is 56.8 Å². The van der Waals surface area contributed by atoms with E-state index in [-0.39, 0.29) is 67.3 Å². The smallest absolute Gasteiger partial charge is 0.276 e. The standard InChI is InChI=1S/C41H50N14O7/c1-6-54-29(17-23(3)50-54)38(59)48-40-46-27-19-25(36(43)57)21-31(61-5)34(27)52(40)14-8-9-15-53-35-28(47-41(53)49-39(60)30-18-24(4)51-55(30)7-2)20-26(37(44)58)22-32(35)62-16-10-13-45-33(56)11-12-42/h8-9,17-22H,6-7,10-16,42H2,1-5H3,(H2,43,57)(H2,44,58)(H,45,56)(H,46,48,59)(H,47,49,60)/b9-8+. The topological polar surface area (TPSA) is 289 Å². The van der Waals surface area contributed by atoms with Crippen molar-refractivity contribution in [3.63, 3.8) is 0 Å². The zero-order valence-corrected chi connectivity index (χ0v) is 35.2. The Morgan fingerprint density at radius 1 is 0.726 bits per heavy atom. The molecule has 4 heterocycles. The fourth-order valence-corrected chi connectivity index (χ4v) is 6.89. The number of rotatable bonds is 20. The van der Waals surface area contributed by atoms with Gasteiger partial charge in [-0.3, -0.25) is 44.0 Å². The Balaban J connectivity index is 1.39. The summed E-state index contributed by atoms with van der Waals surface area (Å²) < 4.78 is 18.5. The van der Waals surface area contributed by atoms with E-state index < -0.39 is 23.6 Å². The van der Waals surface area contributed by atoms with Gasteiger partial charge in [-0.2, -0.15) is 10.2 Å². The number of primary amides is 2. The molecule has 62 heavy (non-hydrogen) atoms. The van der Waals surface area contributed by atoms with Crippen LogP contribution in [0.2, 0.25) is 0 Å². The van der Waals surface area contributed by atoms with Crippen LogP contribution in [0.4, 0.5) is 11.9 Å². The first kappa shape index (κ1) is 44.0. The van der Waals surface area contributed by atoms with E-state index in [4.69, 9.17) is 31.7 Å². The van der Waals surface area contributed by atoms with Crippen molar-refractivity contribution in [2.45, 2.75) is 66.7 Å². The highest BCUT2D eigenvalue weighted by Crippen LogP contribution is 2.33. The van der Waals surface area contributed by atoms with Crippen LogP contribution in [0.5, 0.6) is 11.5 Å². The predicted octanol–water partition coefficient (Wildman–Crippen LogP) is 2.64. The molecule has 4 aromatic heterocycles. The molecule has 326 valence electrons. The molecule has 0 aliphatic rings. The van der Waals surface area contributed by atoms with Gasteiger partial charge in [0.2, 0.25) is 29.6 Å². The minimum absolute atomic E-state index is 0.117. The number of ether oxygens (including phenoxy) is 2. The lowest BCUT2D eigenvalue weighted by atomic mass is 10.1. The molecule has 0 saturated carbocycles. The van der Waals surface area contributed by atoms with Crippen LogP contribution in [0, 0.1) is 13.8 Å². The van der Waals surface area contributed by atoms with Gasteiger partial charge in [0.15, 0.2) is 0 Å². The molecule has 5 amide bonds. The number of anilines is 2. The summed E-state index contributed by atoms with van der Waals surface area (Å²) in [5, 5.41) is 17.4. The molecule has 0 fully saturated rings. The lowest BCUT2D eigenvalue weighted by Crippen LogP contribution is -2.27. The number of nitrogens with one attached hydrogen (secondary N) is 3. The number of methoxy groups -OCH3 is 1. The molecule has 6 rings (SSSR count). The average Bonchev–Trinajstić information content (AvgIpc) is 4.01. The summed E-state index contributed by atoms with van der Waals surface area (Å²) in [6.07, 6.45) is 4.25. The Morgan fingerprint density at radius 2 is 1.21 bits per heavy atom. The number of allylic oxidation sites excluding steroid dienone is 2. The Bertz CT molecular complexity index is 2700. The number of benzene rings is 2. The predicted molar refractivity (Wildman–Crippen MR) is 230 cm³/mol. The largest absolute Gasteiger partial charge is 0.494 e. The maximum Gasteiger partial charge on any atom is 0.276 e. The molecular formula is C41H50N14O7. The summed E-state index contributed by atoms with van der Waals surface area (Å²) in [4.78, 5) is 73.5. The molecule has 0 radical (unpaired) electrons. The van der Waals surface area contributed by atoms with Gasteiger partial charge in [-0.1, -0.05) is 12.2 Å². The first-order chi connectivity index (χ1) is 29.8. The van der Waals surface area contributed by atoms with Crippen molar-refractivity contribution in [2.75, 3.05) is 37.4 Å². The first-order valence-corrected chi connectivity index (χ1v) is 19.9. The van der Waals surface area contributed by atoms with Crippen molar-refractivity contribution in [3.05, 3.63) is 82.5 Å².